The first-order chi connectivity index (χ1) is 7.62. The average Bonchev–Trinajstić information content (AvgIpc) is 2.63. The van der Waals surface area contributed by atoms with E-state index in [4.69, 9.17) is 10.7 Å². The molecule has 0 bridgehead atoms. The minimum Gasteiger partial charge on any atom is -0.221 e. The molecule has 1 heterocycles. The Balaban J connectivity index is 2.90. The fourth-order valence-electron chi connectivity index (χ4n) is 0.878. The van der Waals surface area contributed by atoms with E-state index in [-0.39, 0.29) is 10.3 Å². The quantitative estimate of drug-likeness (QED) is 0.752. The predicted octanol–water partition coefficient (Wildman–Crippen LogP) is 1.00. The van der Waals surface area contributed by atoms with Gasteiger partial charge in [0.2, 0.25) is 23.2 Å². The van der Waals surface area contributed by atoms with Gasteiger partial charge < -0.3 is 0 Å². The van der Waals surface area contributed by atoms with Crippen LogP contribution in [0.5, 0.6) is 0 Å². The highest BCUT2D eigenvalue weighted by atomic mass is 35.7. The number of halogens is 1. The molecular formula is C7H11ClN2O4S3. The van der Waals surface area contributed by atoms with E-state index in [1.807, 2.05) is 13.8 Å². The van der Waals surface area contributed by atoms with E-state index >= 15 is 0 Å². The molecule has 0 saturated carbocycles. The molecule has 6 nitrogen and oxygen atoms in total. The highest BCUT2D eigenvalue weighted by Gasteiger charge is 2.23. The number of sulfone groups is 1. The molecule has 1 aromatic rings. The fourth-order valence-corrected chi connectivity index (χ4v) is 4.90. The zero-order valence-corrected chi connectivity index (χ0v) is 12.3. The lowest BCUT2D eigenvalue weighted by molar-refractivity contribution is 0.591. The second-order valence-corrected chi connectivity index (χ2v) is 9.57. The van der Waals surface area contributed by atoms with Gasteiger partial charge in [-0.05, 0) is 11.5 Å². The van der Waals surface area contributed by atoms with Crippen molar-refractivity contribution >= 4 is 41.1 Å². The number of nitrogens with zero attached hydrogens (tertiary/aromatic N) is 2. The molecule has 0 fully saturated rings. The van der Waals surface area contributed by atoms with Crippen LogP contribution in [-0.2, 0) is 18.9 Å². The summed E-state index contributed by atoms with van der Waals surface area (Å²) in [6.07, 6.45) is 0. The van der Waals surface area contributed by atoms with Gasteiger partial charge in [-0.25, -0.2) is 21.8 Å². The average molecular weight is 319 g/mol. The van der Waals surface area contributed by atoms with Crippen LogP contribution in [0.3, 0.4) is 0 Å². The minimum atomic E-state index is -3.83. The zero-order chi connectivity index (χ0) is 13.3. The van der Waals surface area contributed by atoms with Crippen molar-refractivity contribution in [3.63, 3.8) is 0 Å². The minimum absolute atomic E-state index is 0.0203. The largest absolute Gasteiger partial charge is 0.233 e. The maximum absolute atomic E-state index is 11.7. The molecule has 1 aromatic heterocycles. The van der Waals surface area contributed by atoms with Crippen molar-refractivity contribution in [1.82, 2.24) is 9.36 Å². The Hall–Kier alpha value is -0.250. The molecule has 0 unspecified atom stereocenters. The molecule has 10 heteroatoms. The van der Waals surface area contributed by atoms with Crippen molar-refractivity contribution < 1.29 is 16.8 Å². The Bertz CT molecular complexity index is 590. The first kappa shape index (κ1) is 14.8. The summed E-state index contributed by atoms with van der Waals surface area (Å²) in [7, 11) is -2.59. The molecule has 0 spiro atoms. The molecule has 0 atom stereocenters. The van der Waals surface area contributed by atoms with Crippen LogP contribution in [0.4, 0.5) is 0 Å². The van der Waals surface area contributed by atoms with Crippen LogP contribution in [0.25, 0.3) is 0 Å². The maximum Gasteiger partial charge on any atom is 0.233 e. The van der Waals surface area contributed by atoms with Crippen molar-refractivity contribution in [3.05, 3.63) is 5.82 Å². The summed E-state index contributed by atoms with van der Waals surface area (Å²) in [4.78, 5) is 3.86. The van der Waals surface area contributed by atoms with E-state index < -0.39 is 30.4 Å². The third kappa shape index (κ3) is 4.49. The lowest BCUT2D eigenvalue weighted by Crippen LogP contribution is -2.14. The number of hydrogen-bond donors (Lipinski definition) is 0. The van der Waals surface area contributed by atoms with Crippen molar-refractivity contribution in [1.29, 1.82) is 0 Å². The Morgan fingerprint density at radius 1 is 1.24 bits per heavy atom. The normalized spacial score (nSPS) is 13.2. The third-order valence-electron chi connectivity index (χ3n) is 1.80. The van der Waals surface area contributed by atoms with Gasteiger partial charge in [-0.2, -0.15) is 4.37 Å². The SMILES string of the molecule is CC(C)c1nsc(S(=O)(=O)CCS(=O)(=O)Cl)n1. The van der Waals surface area contributed by atoms with Crippen LogP contribution in [0.1, 0.15) is 25.6 Å². The molecule has 0 aliphatic heterocycles. The summed E-state index contributed by atoms with van der Waals surface area (Å²) in [6, 6.07) is 0. The van der Waals surface area contributed by atoms with Gasteiger partial charge in [0.05, 0.1) is 11.5 Å². The van der Waals surface area contributed by atoms with E-state index in [2.05, 4.69) is 9.36 Å². The monoisotopic (exact) mass is 318 g/mol. The van der Waals surface area contributed by atoms with Gasteiger partial charge in [0.25, 0.3) is 0 Å². The first-order valence-corrected chi connectivity index (χ1v) is 9.51. The molecule has 0 radical (unpaired) electrons. The predicted molar refractivity (Wildman–Crippen MR) is 65.7 cm³/mol. The molecule has 98 valence electrons. The number of aromatic nitrogens is 2. The molecule has 0 aliphatic rings. The second-order valence-electron chi connectivity index (χ2n) is 3.64. The highest BCUT2D eigenvalue weighted by Crippen LogP contribution is 2.19. The second kappa shape index (κ2) is 5.17. The van der Waals surface area contributed by atoms with Crippen LogP contribution in [-0.4, -0.2) is 37.7 Å². The molecular weight excluding hydrogens is 308 g/mol. The number of hydrogen-bond acceptors (Lipinski definition) is 7. The first-order valence-electron chi connectivity index (χ1n) is 4.60. The van der Waals surface area contributed by atoms with Gasteiger partial charge in [-0.15, -0.1) is 0 Å². The molecule has 0 N–H and O–H groups in total. The molecule has 1 rings (SSSR count). The van der Waals surface area contributed by atoms with E-state index in [9.17, 15) is 16.8 Å². The van der Waals surface area contributed by atoms with Gasteiger partial charge >= 0.3 is 0 Å². The Labute approximate surface area is 109 Å². The fraction of sp³-hybridized carbons (Fsp3) is 0.714. The molecule has 0 amide bonds. The van der Waals surface area contributed by atoms with Gasteiger partial charge in [-0.1, -0.05) is 13.8 Å². The van der Waals surface area contributed by atoms with Gasteiger partial charge in [-0.3, -0.25) is 0 Å². The van der Waals surface area contributed by atoms with Crippen molar-refractivity contribution in [2.45, 2.75) is 24.1 Å². The summed E-state index contributed by atoms with van der Waals surface area (Å²) < 4.78 is 48.5. The van der Waals surface area contributed by atoms with E-state index in [1.165, 1.54) is 0 Å². The molecule has 0 aromatic carbocycles. The van der Waals surface area contributed by atoms with Crippen molar-refractivity contribution in [2.75, 3.05) is 11.5 Å². The van der Waals surface area contributed by atoms with Crippen LogP contribution >= 0.6 is 22.2 Å². The summed E-state index contributed by atoms with van der Waals surface area (Å²) >= 11 is 0.748. The summed E-state index contributed by atoms with van der Waals surface area (Å²) in [5.41, 5.74) is 0. The highest BCUT2D eigenvalue weighted by molar-refractivity contribution is 8.14. The smallest absolute Gasteiger partial charge is 0.221 e. The number of rotatable bonds is 5. The van der Waals surface area contributed by atoms with Crippen LogP contribution in [0.2, 0.25) is 0 Å². The molecule has 0 saturated heterocycles. The zero-order valence-electron chi connectivity index (χ0n) is 9.12. The van der Waals surface area contributed by atoms with Gasteiger partial charge in [0, 0.05) is 16.6 Å². The van der Waals surface area contributed by atoms with Gasteiger partial charge in [0.15, 0.2) is 0 Å². The molecule has 0 aliphatic carbocycles. The van der Waals surface area contributed by atoms with E-state index in [1.54, 1.807) is 0 Å². The topological polar surface area (TPSA) is 94.1 Å². The van der Waals surface area contributed by atoms with Gasteiger partial charge in [0.1, 0.15) is 5.82 Å². The van der Waals surface area contributed by atoms with Crippen LogP contribution < -0.4 is 0 Å². The van der Waals surface area contributed by atoms with Crippen LogP contribution in [0.15, 0.2) is 4.34 Å². The van der Waals surface area contributed by atoms with Crippen LogP contribution in [0, 0.1) is 0 Å². The van der Waals surface area contributed by atoms with Crippen molar-refractivity contribution in [3.8, 4) is 0 Å². The lowest BCUT2D eigenvalue weighted by Gasteiger charge is -1.98. The standard InChI is InChI=1S/C7H11ClN2O4S3/c1-5(2)6-9-7(15-10-6)16(11,12)3-4-17(8,13)14/h5H,3-4H2,1-2H3. The lowest BCUT2D eigenvalue weighted by atomic mass is 10.2. The maximum atomic E-state index is 11.7. The Kier molecular flexibility index (Phi) is 4.50. The summed E-state index contributed by atoms with van der Waals surface area (Å²) in [5, 5.41) is 0. The van der Waals surface area contributed by atoms with E-state index in [0.29, 0.717) is 5.82 Å². The summed E-state index contributed by atoms with van der Waals surface area (Å²) in [6.45, 7) is 3.67. The summed E-state index contributed by atoms with van der Waals surface area (Å²) in [5.74, 6) is -0.756. The van der Waals surface area contributed by atoms with E-state index in [0.717, 1.165) is 11.5 Å². The Morgan fingerprint density at radius 2 is 1.82 bits per heavy atom. The third-order valence-corrected chi connectivity index (χ3v) is 6.09. The molecule has 17 heavy (non-hydrogen) atoms. The van der Waals surface area contributed by atoms with Crippen molar-refractivity contribution in [2.24, 2.45) is 0 Å². The Morgan fingerprint density at radius 3 is 2.24 bits per heavy atom.